The highest BCUT2D eigenvalue weighted by Crippen LogP contribution is 2.21. The van der Waals surface area contributed by atoms with Gasteiger partial charge in [-0.3, -0.25) is 9.50 Å². The molecule has 0 aliphatic carbocycles. The van der Waals surface area contributed by atoms with E-state index in [1.807, 2.05) is 39.4 Å². The van der Waals surface area contributed by atoms with Crippen molar-refractivity contribution in [3.8, 4) is 5.69 Å². The van der Waals surface area contributed by atoms with Crippen molar-refractivity contribution in [3.63, 3.8) is 0 Å². The van der Waals surface area contributed by atoms with Gasteiger partial charge >= 0.3 is 0 Å². The van der Waals surface area contributed by atoms with Crippen LogP contribution >= 0.6 is 12.2 Å². The molecule has 0 radical (unpaired) electrons. The van der Waals surface area contributed by atoms with E-state index in [0.717, 1.165) is 41.0 Å². The summed E-state index contributed by atoms with van der Waals surface area (Å²) < 4.78 is 4.31. The minimum absolute atomic E-state index is 0.570. The molecule has 1 N–H and O–H groups in total. The number of aryl methyl sites for hydroxylation is 1. The van der Waals surface area contributed by atoms with Crippen molar-refractivity contribution >= 4 is 28.9 Å². The minimum Gasteiger partial charge on any atom is -0.255 e. The van der Waals surface area contributed by atoms with E-state index in [9.17, 15) is 0 Å². The maximum Gasteiger partial charge on any atom is 0.201 e. The van der Waals surface area contributed by atoms with Crippen molar-refractivity contribution in [2.45, 2.75) is 19.8 Å². The van der Waals surface area contributed by atoms with E-state index in [1.54, 1.807) is 6.20 Å². The second-order valence-electron chi connectivity index (χ2n) is 5.10. The molecule has 0 saturated heterocycles. The average Bonchev–Trinajstić information content (AvgIpc) is 3.12. The SMILES string of the molecule is CCCc1nc2c(cnn2-c2ccccc2)c2n[nH]c(=S)n12. The number of para-hydroxylation sites is 1. The Morgan fingerprint density at radius 2 is 2.00 bits per heavy atom. The van der Waals surface area contributed by atoms with E-state index in [1.165, 1.54) is 0 Å². The van der Waals surface area contributed by atoms with Gasteiger partial charge in [0.05, 0.1) is 17.3 Å². The van der Waals surface area contributed by atoms with Gasteiger partial charge in [-0.05, 0) is 30.8 Å². The van der Waals surface area contributed by atoms with Crippen LogP contribution in [0.4, 0.5) is 0 Å². The molecule has 0 fully saturated rings. The molecule has 4 rings (SSSR count). The summed E-state index contributed by atoms with van der Waals surface area (Å²) in [7, 11) is 0. The molecule has 0 spiro atoms. The van der Waals surface area contributed by atoms with Crippen molar-refractivity contribution < 1.29 is 0 Å². The van der Waals surface area contributed by atoms with Gasteiger partial charge in [-0.25, -0.2) is 9.67 Å². The van der Waals surface area contributed by atoms with Crippen LogP contribution in [0.3, 0.4) is 0 Å². The van der Waals surface area contributed by atoms with Gasteiger partial charge < -0.3 is 0 Å². The lowest BCUT2D eigenvalue weighted by Crippen LogP contribution is -2.04. The maximum atomic E-state index is 5.33. The highest BCUT2D eigenvalue weighted by atomic mass is 32.1. The lowest BCUT2D eigenvalue weighted by atomic mass is 10.3. The Balaban J connectivity index is 2.09. The Bertz CT molecular complexity index is 1010. The summed E-state index contributed by atoms with van der Waals surface area (Å²) in [6.45, 7) is 2.12. The van der Waals surface area contributed by atoms with E-state index >= 15 is 0 Å². The zero-order valence-electron chi connectivity index (χ0n) is 12.0. The number of fused-ring (bicyclic) bond motifs is 3. The monoisotopic (exact) mass is 310 g/mol. The predicted octanol–water partition coefficient (Wildman–Crippen LogP) is 3.08. The molecule has 7 heteroatoms. The second-order valence-corrected chi connectivity index (χ2v) is 5.48. The fourth-order valence-corrected chi connectivity index (χ4v) is 2.88. The van der Waals surface area contributed by atoms with Crippen LogP contribution in [0.2, 0.25) is 0 Å². The fraction of sp³-hybridized carbons (Fsp3) is 0.200. The highest BCUT2D eigenvalue weighted by Gasteiger charge is 2.15. The number of nitrogens with one attached hydrogen (secondary N) is 1. The van der Waals surface area contributed by atoms with Crippen molar-refractivity contribution in [1.29, 1.82) is 0 Å². The molecule has 0 amide bonds. The van der Waals surface area contributed by atoms with Crippen molar-refractivity contribution in [2.75, 3.05) is 0 Å². The first-order valence-corrected chi connectivity index (χ1v) is 7.59. The van der Waals surface area contributed by atoms with Gasteiger partial charge in [0.25, 0.3) is 0 Å². The Kier molecular flexibility index (Phi) is 3.00. The first-order chi connectivity index (χ1) is 10.8. The molecule has 0 bridgehead atoms. The van der Waals surface area contributed by atoms with E-state index in [0.29, 0.717) is 4.77 Å². The quantitative estimate of drug-likeness (QED) is 0.591. The van der Waals surface area contributed by atoms with Gasteiger partial charge in [-0.2, -0.15) is 10.2 Å². The summed E-state index contributed by atoms with van der Waals surface area (Å²) in [6.07, 6.45) is 3.61. The van der Waals surface area contributed by atoms with Crippen LogP contribution in [0.25, 0.3) is 22.4 Å². The number of H-pyrrole nitrogens is 1. The molecule has 1 aromatic carbocycles. The topological polar surface area (TPSA) is 63.8 Å². The summed E-state index contributed by atoms with van der Waals surface area (Å²) in [6, 6.07) is 9.97. The molecule has 110 valence electrons. The van der Waals surface area contributed by atoms with Gasteiger partial charge in [0.15, 0.2) is 11.3 Å². The molecule has 6 nitrogen and oxygen atoms in total. The van der Waals surface area contributed by atoms with Crippen LogP contribution in [-0.4, -0.2) is 29.4 Å². The first kappa shape index (κ1) is 13.1. The second kappa shape index (κ2) is 5.03. The van der Waals surface area contributed by atoms with Crippen molar-refractivity contribution in [3.05, 3.63) is 47.1 Å². The smallest absolute Gasteiger partial charge is 0.201 e. The molecule has 0 atom stereocenters. The minimum atomic E-state index is 0.570. The number of rotatable bonds is 3. The molecule has 3 aromatic heterocycles. The Labute approximate surface area is 131 Å². The third kappa shape index (κ3) is 1.86. The molecule has 4 aromatic rings. The summed E-state index contributed by atoms with van der Waals surface area (Å²) >= 11 is 5.33. The molecule has 0 saturated carbocycles. The van der Waals surface area contributed by atoms with E-state index in [4.69, 9.17) is 17.2 Å². The van der Waals surface area contributed by atoms with Crippen LogP contribution in [0.5, 0.6) is 0 Å². The summed E-state index contributed by atoms with van der Waals surface area (Å²) in [5.41, 5.74) is 2.56. The van der Waals surface area contributed by atoms with Gasteiger partial charge in [0.1, 0.15) is 5.82 Å². The van der Waals surface area contributed by atoms with Gasteiger partial charge in [-0.1, -0.05) is 25.1 Å². The molecule has 0 aliphatic heterocycles. The van der Waals surface area contributed by atoms with Crippen molar-refractivity contribution in [2.24, 2.45) is 0 Å². The number of hydrogen-bond acceptors (Lipinski definition) is 4. The molecule has 22 heavy (non-hydrogen) atoms. The normalized spacial score (nSPS) is 11.5. The van der Waals surface area contributed by atoms with E-state index in [2.05, 4.69) is 22.2 Å². The largest absolute Gasteiger partial charge is 0.255 e. The standard InChI is InChI=1S/C15H14N6S/c1-2-6-12-17-13-11(14-18-19-15(22)20(12)14)9-16-21(13)10-7-4-3-5-8-10/h3-5,7-9H,2,6H2,1H3,(H,19,22). The Hall–Kier alpha value is -2.54. The summed E-state index contributed by atoms with van der Waals surface area (Å²) in [5.74, 6) is 0.904. The zero-order valence-corrected chi connectivity index (χ0v) is 12.8. The Morgan fingerprint density at radius 1 is 1.18 bits per heavy atom. The number of benzene rings is 1. The number of nitrogens with zero attached hydrogens (tertiary/aromatic N) is 5. The molecule has 3 heterocycles. The lowest BCUT2D eigenvalue weighted by Gasteiger charge is -2.06. The van der Waals surface area contributed by atoms with Crippen LogP contribution in [-0.2, 0) is 6.42 Å². The third-order valence-electron chi connectivity index (χ3n) is 3.62. The fourth-order valence-electron chi connectivity index (χ4n) is 2.65. The number of aromatic amines is 1. The highest BCUT2D eigenvalue weighted by molar-refractivity contribution is 7.71. The summed E-state index contributed by atoms with van der Waals surface area (Å²) in [4.78, 5) is 4.80. The maximum absolute atomic E-state index is 5.33. The van der Waals surface area contributed by atoms with Crippen LogP contribution < -0.4 is 0 Å². The van der Waals surface area contributed by atoms with Crippen LogP contribution in [0, 0.1) is 4.77 Å². The van der Waals surface area contributed by atoms with Gasteiger partial charge in [-0.15, -0.1) is 0 Å². The third-order valence-corrected chi connectivity index (χ3v) is 3.90. The number of hydrogen-bond donors (Lipinski definition) is 1. The number of aromatic nitrogens is 6. The van der Waals surface area contributed by atoms with Crippen molar-refractivity contribution in [1.82, 2.24) is 29.4 Å². The van der Waals surface area contributed by atoms with Crippen LogP contribution in [0.15, 0.2) is 36.5 Å². The average molecular weight is 310 g/mol. The van der Waals surface area contributed by atoms with E-state index in [-0.39, 0.29) is 0 Å². The molecule has 0 aliphatic rings. The molecular weight excluding hydrogens is 296 g/mol. The van der Waals surface area contributed by atoms with E-state index < -0.39 is 0 Å². The zero-order chi connectivity index (χ0) is 15.1. The molecular formula is C15H14N6S. The first-order valence-electron chi connectivity index (χ1n) is 7.18. The lowest BCUT2D eigenvalue weighted by molar-refractivity contribution is 0.802. The van der Waals surface area contributed by atoms with Gasteiger partial charge in [0.2, 0.25) is 4.77 Å². The van der Waals surface area contributed by atoms with Crippen LogP contribution in [0.1, 0.15) is 19.2 Å². The Morgan fingerprint density at radius 3 is 2.77 bits per heavy atom. The summed E-state index contributed by atoms with van der Waals surface area (Å²) in [5, 5.41) is 12.6. The molecule has 0 unspecified atom stereocenters. The predicted molar refractivity (Wildman–Crippen MR) is 86.8 cm³/mol. The van der Waals surface area contributed by atoms with Gasteiger partial charge in [0, 0.05) is 6.42 Å².